The molecule has 1 aromatic heterocycles. The second-order valence-electron chi connectivity index (χ2n) is 5.05. The van der Waals surface area contributed by atoms with Crippen LogP contribution in [0.5, 0.6) is 0 Å². The molecule has 0 aliphatic carbocycles. The van der Waals surface area contributed by atoms with Crippen molar-refractivity contribution in [1.82, 2.24) is 10.1 Å². The maximum absolute atomic E-state index is 11.3. The summed E-state index contributed by atoms with van der Waals surface area (Å²) in [6.45, 7) is 6.06. The summed E-state index contributed by atoms with van der Waals surface area (Å²) in [7, 11) is 3.33. The van der Waals surface area contributed by atoms with Crippen LogP contribution in [-0.4, -0.2) is 35.3 Å². The Morgan fingerprint density at radius 3 is 2.21 bits per heavy atom. The lowest BCUT2D eigenvalue weighted by Crippen LogP contribution is -2.27. The molecule has 0 aromatic carbocycles. The number of aromatic nitrogens is 1. The van der Waals surface area contributed by atoms with Crippen molar-refractivity contribution in [3.63, 3.8) is 0 Å². The topological polar surface area (TPSA) is 110 Å². The molecule has 0 radical (unpaired) electrons. The first-order valence-corrected chi connectivity index (χ1v) is 5.95. The van der Waals surface area contributed by atoms with Crippen LogP contribution in [0.4, 0.5) is 10.6 Å². The van der Waals surface area contributed by atoms with E-state index in [0.717, 1.165) is 5.76 Å². The maximum atomic E-state index is 11.3. The first-order chi connectivity index (χ1) is 8.54. The van der Waals surface area contributed by atoms with Gasteiger partial charge in [-0.1, -0.05) is 25.9 Å². The summed E-state index contributed by atoms with van der Waals surface area (Å²) in [6.07, 6.45) is 0. The van der Waals surface area contributed by atoms with Crippen LogP contribution in [0.1, 0.15) is 26.5 Å². The number of nitrogens with one attached hydrogen (secondary N) is 1. The predicted octanol–water partition coefficient (Wildman–Crippen LogP) is 1.25. The molecule has 0 fully saturated rings. The minimum Gasteiger partial charge on any atom is -0.377 e. The van der Waals surface area contributed by atoms with Crippen LogP contribution >= 0.6 is 12.2 Å². The summed E-state index contributed by atoms with van der Waals surface area (Å²) < 4.78 is 5.13. The van der Waals surface area contributed by atoms with Gasteiger partial charge in [-0.2, -0.15) is 0 Å². The third-order valence-electron chi connectivity index (χ3n) is 1.89. The zero-order chi connectivity index (χ0) is 15.2. The fraction of sp³-hybridized carbons (Fsp3) is 0.545. The van der Waals surface area contributed by atoms with E-state index in [2.05, 4.69) is 34.2 Å². The molecular formula is C11H21N5O2S. The van der Waals surface area contributed by atoms with Gasteiger partial charge in [0.25, 0.3) is 0 Å². The Labute approximate surface area is 118 Å². The van der Waals surface area contributed by atoms with Crippen molar-refractivity contribution in [3.05, 3.63) is 11.8 Å². The highest BCUT2D eigenvalue weighted by atomic mass is 32.1. The molecule has 2 amide bonds. The second kappa shape index (κ2) is 6.93. The minimum absolute atomic E-state index is 0.000000000000000222. The van der Waals surface area contributed by atoms with Gasteiger partial charge in [0, 0.05) is 25.6 Å². The fourth-order valence-corrected chi connectivity index (χ4v) is 0.909. The van der Waals surface area contributed by atoms with E-state index in [1.165, 1.54) is 4.90 Å². The smallest absolute Gasteiger partial charge is 0.322 e. The molecule has 1 rings (SSSR count). The monoisotopic (exact) mass is 287 g/mol. The molecule has 8 heteroatoms. The van der Waals surface area contributed by atoms with Gasteiger partial charge in [0.2, 0.25) is 0 Å². The van der Waals surface area contributed by atoms with Crippen LogP contribution in [0, 0.1) is 0 Å². The summed E-state index contributed by atoms with van der Waals surface area (Å²) in [6, 6.07) is 1.52. The lowest BCUT2D eigenvalue weighted by Gasteiger charge is -2.12. The lowest BCUT2D eigenvalue weighted by molar-refractivity contribution is 0.230. The number of carbonyl (C=O) groups excluding carboxylic acids is 1. The van der Waals surface area contributed by atoms with Crippen molar-refractivity contribution in [2.45, 2.75) is 26.2 Å². The fourth-order valence-electron chi connectivity index (χ4n) is 0.909. The van der Waals surface area contributed by atoms with Crippen LogP contribution in [-0.2, 0) is 5.41 Å². The summed E-state index contributed by atoms with van der Waals surface area (Å²) in [5.41, 5.74) is 9.14. The summed E-state index contributed by atoms with van der Waals surface area (Å²) in [5.74, 6) is 1.19. The van der Waals surface area contributed by atoms with Gasteiger partial charge in [-0.3, -0.25) is 5.32 Å². The van der Waals surface area contributed by atoms with Crippen LogP contribution in [0.15, 0.2) is 10.6 Å². The molecule has 0 saturated heterocycles. The number of thiocarbonyl (C=S) groups is 1. The molecule has 0 saturated carbocycles. The standard InChI is InChI=1S/C10H17N3O2.CH4N2S/c1-10(2,3)7-6-8(12-15-7)11-9(14)13(4)5;2-1(3)4/h6H,1-5H3,(H,11,12,14);(H4,2,3,4). The predicted molar refractivity (Wildman–Crippen MR) is 78.9 cm³/mol. The summed E-state index contributed by atoms with van der Waals surface area (Å²) >= 11 is 4.09. The first-order valence-electron chi connectivity index (χ1n) is 5.54. The maximum Gasteiger partial charge on any atom is 0.322 e. The molecule has 7 nitrogen and oxygen atoms in total. The zero-order valence-electron chi connectivity index (χ0n) is 11.9. The number of rotatable bonds is 1. The van der Waals surface area contributed by atoms with Crippen molar-refractivity contribution in [1.29, 1.82) is 0 Å². The van der Waals surface area contributed by atoms with Crippen LogP contribution < -0.4 is 16.8 Å². The van der Waals surface area contributed by atoms with Gasteiger partial charge in [-0.25, -0.2) is 4.79 Å². The Morgan fingerprint density at radius 2 is 1.89 bits per heavy atom. The third-order valence-corrected chi connectivity index (χ3v) is 1.89. The number of nitrogens with zero attached hydrogens (tertiary/aromatic N) is 2. The highest BCUT2D eigenvalue weighted by Gasteiger charge is 2.20. The van der Waals surface area contributed by atoms with Gasteiger partial charge in [-0.05, 0) is 12.2 Å². The number of carbonyl (C=O) groups is 1. The molecule has 19 heavy (non-hydrogen) atoms. The Hall–Kier alpha value is -1.83. The van der Waals surface area contributed by atoms with Gasteiger partial charge in [-0.15, -0.1) is 0 Å². The van der Waals surface area contributed by atoms with Crippen LogP contribution in [0.2, 0.25) is 0 Å². The van der Waals surface area contributed by atoms with E-state index in [0.29, 0.717) is 5.82 Å². The Kier molecular flexibility index (Phi) is 6.26. The average molecular weight is 287 g/mol. The molecule has 0 unspecified atom stereocenters. The van der Waals surface area contributed by atoms with Crippen molar-refractivity contribution in [2.24, 2.45) is 11.5 Å². The van der Waals surface area contributed by atoms with E-state index in [4.69, 9.17) is 4.52 Å². The SMILES string of the molecule is CN(C)C(=O)Nc1cc(C(C)(C)C)on1.NC(N)=S. The quantitative estimate of drug-likeness (QED) is 0.670. The molecule has 0 bridgehead atoms. The highest BCUT2D eigenvalue weighted by Crippen LogP contribution is 2.24. The number of anilines is 1. The molecule has 0 aliphatic rings. The van der Waals surface area contributed by atoms with E-state index in [1.807, 2.05) is 20.8 Å². The highest BCUT2D eigenvalue weighted by molar-refractivity contribution is 7.80. The van der Waals surface area contributed by atoms with Gasteiger partial charge >= 0.3 is 6.03 Å². The van der Waals surface area contributed by atoms with E-state index in [1.54, 1.807) is 20.2 Å². The van der Waals surface area contributed by atoms with E-state index >= 15 is 0 Å². The Balaban J connectivity index is 0.000000711. The zero-order valence-corrected chi connectivity index (χ0v) is 12.7. The number of hydrogen-bond acceptors (Lipinski definition) is 4. The lowest BCUT2D eigenvalue weighted by atomic mass is 9.93. The van der Waals surface area contributed by atoms with Gasteiger partial charge in [0.05, 0.1) is 0 Å². The van der Waals surface area contributed by atoms with Crippen LogP contribution in [0.25, 0.3) is 0 Å². The summed E-state index contributed by atoms with van der Waals surface area (Å²) in [5, 5.41) is 6.39. The summed E-state index contributed by atoms with van der Waals surface area (Å²) in [4.78, 5) is 12.7. The molecule has 1 heterocycles. The molecule has 5 N–H and O–H groups in total. The number of amides is 2. The van der Waals surface area contributed by atoms with Crippen LogP contribution in [0.3, 0.4) is 0 Å². The first kappa shape index (κ1) is 17.2. The molecule has 1 aromatic rings. The van der Waals surface area contributed by atoms with Crippen molar-refractivity contribution in [3.8, 4) is 0 Å². The largest absolute Gasteiger partial charge is 0.377 e. The molecular weight excluding hydrogens is 266 g/mol. The van der Waals surface area contributed by atoms with Gasteiger partial charge in [0.15, 0.2) is 10.9 Å². The average Bonchev–Trinajstić information content (AvgIpc) is 2.64. The van der Waals surface area contributed by atoms with E-state index < -0.39 is 0 Å². The van der Waals surface area contributed by atoms with Crippen molar-refractivity contribution < 1.29 is 9.32 Å². The van der Waals surface area contributed by atoms with Gasteiger partial charge < -0.3 is 20.9 Å². The Morgan fingerprint density at radius 1 is 1.42 bits per heavy atom. The molecule has 0 atom stereocenters. The number of hydrogen-bond donors (Lipinski definition) is 3. The van der Waals surface area contributed by atoms with Gasteiger partial charge in [0.1, 0.15) is 5.76 Å². The third kappa shape index (κ3) is 7.24. The van der Waals surface area contributed by atoms with Crippen molar-refractivity contribution in [2.75, 3.05) is 19.4 Å². The number of urea groups is 1. The molecule has 0 aliphatic heterocycles. The van der Waals surface area contributed by atoms with Crippen molar-refractivity contribution >= 4 is 29.2 Å². The normalized spacial score (nSPS) is 10.2. The van der Waals surface area contributed by atoms with E-state index in [-0.39, 0.29) is 16.6 Å². The Bertz CT molecular complexity index is 433. The number of nitrogens with two attached hydrogens (primary N) is 2. The van der Waals surface area contributed by atoms with E-state index in [9.17, 15) is 4.79 Å². The minimum atomic E-state index is -0.219. The molecule has 0 spiro atoms. The second-order valence-corrected chi connectivity index (χ2v) is 5.52. The molecule has 108 valence electrons.